The third kappa shape index (κ3) is 3.69. The number of pyridine rings is 1. The number of benzene rings is 2. The Morgan fingerprint density at radius 1 is 0.958 bits per heavy atom. The smallest absolute Gasteiger partial charge is 0.240 e. The second-order valence-electron chi connectivity index (χ2n) is 5.52. The Labute approximate surface area is 142 Å². The molecule has 3 rings (SSSR count). The van der Waals surface area contributed by atoms with Crippen molar-refractivity contribution < 1.29 is 8.42 Å². The molecule has 0 spiro atoms. The number of sulfonamides is 1. The molecule has 0 saturated heterocycles. The van der Waals surface area contributed by atoms with Crippen LogP contribution in [0.4, 0.5) is 0 Å². The molecule has 0 atom stereocenters. The summed E-state index contributed by atoms with van der Waals surface area (Å²) in [4.78, 5) is 4.68. The summed E-state index contributed by atoms with van der Waals surface area (Å²) in [7, 11) is -3.54. The molecule has 0 fully saturated rings. The maximum absolute atomic E-state index is 12.4. The summed E-state index contributed by atoms with van der Waals surface area (Å²) in [6.45, 7) is 2.21. The minimum absolute atomic E-state index is 0.189. The number of hydrogen-bond acceptors (Lipinski definition) is 3. The molecule has 4 nitrogen and oxygen atoms in total. The number of aromatic nitrogens is 1. The Hall–Kier alpha value is -2.50. The molecule has 0 radical (unpaired) electrons. The lowest BCUT2D eigenvalue weighted by Gasteiger charge is -2.11. The first kappa shape index (κ1) is 16.4. The summed E-state index contributed by atoms with van der Waals surface area (Å²) < 4.78 is 27.4. The van der Waals surface area contributed by atoms with Gasteiger partial charge in [0.25, 0.3) is 0 Å². The van der Waals surface area contributed by atoms with Gasteiger partial charge in [-0.05, 0) is 36.8 Å². The van der Waals surface area contributed by atoms with Crippen molar-refractivity contribution in [3.8, 4) is 11.3 Å². The zero-order chi connectivity index (χ0) is 17.0. The number of aryl methyl sites for hydroxylation is 1. The highest BCUT2D eigenvalue weighted by Crippen LogP contribution is 2.22. The van der Waals surface area contributed by atoms with Crippen molar-refractivity contribution in [3.63, 3.8) is 0 Å². The van der Waals surface area contributed by atoms with Gasteiger partial charge < -0.3 is 0 Å². The zero-order valence-electron chi connectivity index (χ0n) is 13.3. The summed E-state index contributed by atoms with van der Waals surface area (Å²) in [5, 5.41) is 0. The van der Waals surface area contributed by atoms with E-state index in [1.165, 1.54) is 0 Å². The Bertz CT molecular complexity index is 938. The molecule has 1 heterocycles. The fourth-order valence-corrected chi connectivity index (χ4v) is 3.52. The van der Waals surface area contributed by atoms with Crippen LogP contribution >= 0.6 is 0 Å². The number of rotatable bonds is 5. The monoisotopic (exact) mass is 338 g/mol. The summed E-state index contributed by atoms with van der Waals surface area (Å²) in [5.74, 6) is 0. The standard InChI is InChI=1S/C19H18N2O2S/c1-15-7-5-8-16(13-15)19-17(9-6-12-20-19)14-21-24(22,23)18-10-3-2-4-11-18/h2-13,21H,14H2,1H3. The lowest BCUT2D eigenvalue weighted by atomic mass is 10.0. The van der Waals surface area contributed by atoms with E-state index in [0.29, 0.717) is 0 Å². The van der Waals surface area contributed by atoms with Crippen molar-refractivity contribution >= 4 is 10.0 Å². The van der Waals surface area contributed by atoms with Crippen LogP contribution in [0.1, 0.15) is 11.1 Å². The molecule has 0 amide bonds. The highest BCUT2D eigenvalue weighted by molar-refractivity contribution is 7.89. The molecule has 0 bridgehead atoms. The lowest BCUT2D eigenvalue weighted by molar-refractivity contribution is 0.581. The van der Waals surface area contributed by atoms with Crippen LogP contribution in [0.5, 0.6) is 0 Å². The molecule has 0 aliphatic carbocycles. The van der Waals surface area contributed by atoms with E-state index in [0.717, 1.165) is 22.4 Å². The Kier molecular flexibility index (Phi) is 4.74. The summed E-state index contributed by atoms with van der Waals surface area (Å²) in [6.07, 6.45) is 1.72. The molecule has 2 aromatic carbocycles. The molecule has 122 valence electrons. The van der Waals surface area contributed by atoms with Crippen LogP contribution < -0.4 is 4.72 Å². The molecule has 1 N–H and O–H groups in total. The van der Waals surface area contributed by atoms with Gasteiger partial charge in [0.15, 0.2) is 0 Å². The molecular weight excluding hydrogens is 320 g/mol. The predicted octanol–water partition coefficient (Wildman–Crippen LogP) is 3.54. The SMILES string of the molecule is Cc1cccc(-c2ncccc2CNS(=O)(=O)c2ccccc2)c1. The summed E-state index contributed by atoms with van der Waals surface area (Å²) in [6, 6.07) is 20.1. The molecule has 0 unspecified atom stereocenters. The minimum Gasteiger partial charge on any atom is -0.256 e. The van der Waals surface area contributed by atoms with Crippen LogP contribution in [0.3, 0.4) is 0 Å². The first-order chi connectivity index (χ1) is 11.6. The first-order valence-electron chi connectivity index (χ1n) is 7.62. The van der Waals surface area contributed by atoms with Crippen LogP contribution in [-0.4, -0.2) is 13.4 Å². The Morgan fingerprint density at radius 3 is 2.50 bits per heavy atom. The van der Waals surface area contributed by atoms with Crippen LogP contribution in [0.2, 0.25) is 0 Å². The molecule has 5 heteroatoms. The molecule has 0 saturated carbocycles. The molecule has 1 aromatic heterocycles. The molecule has 24 heavy (non-hydrogen) atoms. The van der Waals surface area contributed by atoms with Gasteiger partial charge in [-0.2, -0.15) is 0 Å². The third-order valence-corrected chi connectivity index (χ3v) is 5.11. The fraction of sp³-hybridized carbons (Fsp3) is 0.105. The second-order valence-corrected chi connectivity index (χ2v) is 7.29. The van der Waals surface area contributed by atoms with E-state index in [-0.39, 0.29) is 11.4 Å². The first-order valence-corrected chi connectivity index (χ1v) is 9.10. The maximum Gasteiger partial charge on any atom is 0.240 e. The van der Waals surface area contributed by atoms with Crippen LogP contribution in [0, 0.1) is 6.92 Å². The molecule has 0 aliphatic rings. The van der Waals surface area contributed by atoms with Gasteiger partial charge >= 0.3 is 0 Å². The van der Waals surface area contributed by atoms with Crippen molar-refractivity contribution in [2.24, 2.45) is 0 Å². The van der Waals surface area contributed by atoms with E-state index in [2.05, 4.69) is 9.71 Å². The average molecular weight is 338 g/mol. The average Bonchev–Trinajstić information content (AvgIpc) is 2.61. The fourth-order valence-electron chi connectivity index (χ4n) is 2.49. The topological polar surface area (TPSA) is 59.1 Å². The number of nitrogens with one attached hydrogen (secondary N) is 1. The van der Waals surface area contributed by atoms with Crippen molar-refractivity contribution in [2.45, 2.75) is 18.4 Å². The van der Waals surface area contributed by atoms with Gasteiger partial charge in [0, 0.05) is 18.3 Å². The molecule has 0 aliphatic heterocycles. The minimum atomic E-state index is -3.54. The van der Waals surface area contributed by atoms with Gasteiger partial charge in [0.05, 0.1) is 10.6 Å². The number of hydrogen-bond donors (Lipinski definition) is 1. The third-order valence-electron chi connectivity index (χ3n) is 3.69. The van der Waals surface area contributed by atoms with E-state index in [9.17, 15) is 8.42 Å². The van der Waals surface area contributed by atoms with Crippen LogP contribution in [0.15, 0.2) is 77.8 Å². The Morgan fingerprint density at radius 2 is 1.75 bits per heavy atom. The van der Waals surface area contributed by atoms with Gasteiger partial charge in [-0.15, -0.1) is 0 Å². The predicted molar refractivity (Wildman–Crippen MR) is 94.9 cm³/mol. The highest BCUT2D eigenvalue weighted by Gasteiger charge is 2.14. The van der Waals surface area contributed by atoms with Gasteiger partial charge in [0.1, 0.15) is 0 Å². The van der Waals surface area contributed by atoms with Crippen molar-refractivity contribution in [3.05, 3.63) is 84.1 Å². The molecule has 3 aromatic rings. The van der Waals surface area contributed by atoms with Crippen molar-refractivity contribution in [2.75, 3.05) is 0 Å². The van der Waals surface area contributed by atoms with Crippen molar-refractivity contribution in [1.82, 2.24) is 9.71 Å². The van der Waals surface area contributed by atoms with E-state index in [4.69, 9.17) is 0 Å². The van der Waals surface area contributed by atoms with Gasteiger partial charge in [-0.3, -0.25) is 4.98 Å². The zero-order valence-corrected chi connectivity index (χ0v) is 14.1. The van der Waals surface area contributed by atoms with E-state index in [1.54, 1.807) is 36.5 Å². The van der Waals surface area contributed by atoms with E-state index < -0.39 is 10.0 Å². The van der Waals surface area contributed by atoms with Gasteiger partial charge in [-0.25, -0.2) is 13.1 Å². The quantitative estimate of drug-likeness (QED) is 0.774. The highest BCUT2D eigenvalue weighted by atomic mass is 32.2. The van der Waals surface area contributed by atoms with E-state index in [1.807, 2.05) is 43.3 Å². The second kappa shape index (κ2) is 6.95. The van der Waals surface area contributed by atoms with Gasteiger partial charge in [0.2, 0.25) is 10.0 Å². The van der Waals surface area contributed by atoms with Crippen LogP contribution in [-0.2, 0) is 16.6 Å². The van der Waals surface area contributed by atoms with E-state index >= 15 is 0 Å². The summed E-state index contributed by atoms with van der Waals surface area (Å²) in [5.41, 5.74) is 3.73. The van der Waals surface area contributed by atoms with Gasteiger partial charge in [-0.1, -0.05) is 48.0 Å². The number of nitrogens with zero attached hydrogens (tertiary/aromatic N) is 1. The van der Waals surface area contributed by atoms with Crippen LogP contribution in [0.25, 0.3) is 11.3 Å². The largest absolute Gasteiger partial charge is 0.256 e. The maximum atomic E-state index is 12.4. The molecular formula is C19H18N2O2S. The Balaban J connectivity index is 1.87. The summed E-state index contributed by atoms with van der Waals surface area (Å²) >= 11 is 0. The normalized spacial score (nSPS) is 11.4. The van der Waals surface area contributed by atoms with Crippen molar-refractivity contribution in [1.29, 1.82) is 0 Å². The lowest BCUT2D eigenvalue weighted by Crippen LogP contribution is -2.23.